The standard InChI is InChI=1S/C20H19N5OS/c1-3-25-16-10-5-4-8-14(16)24-17(25)12-22-19(26)18-13(2)23-20(27-18)15-9-6-7-11-21-15/h4-11H,3,12H2,1-2H3,(H,22,26). The molecule has 0 spiro atoms. The third kappa shape index (κ3) is 3.33. The van der Waals surface area contributed by atoms with Crippen LogP contribution in [0.3, 0.4) is 0 Å². The maximum atomic E-state index is 12.7. The van der Waals surface area contributed by atoms with Gasteiger partial charge in [0.15, 0.2) is 0 Å². The molecule has 0 aliphatic carbocycles. The zero-order chi connectivity index (χ0) is 18.8. The highest BCUT2D eigenvalue weighted by molar-refractivity contribution is 7.17. The van der Waals surface area contributed by atoms with Crippen molar-refractivity contribution in [3.8, 4) is 10.7 Å². The summed E-state index contributed by atoms with van der Waals surface area (Å²) in [7, 11) is 0. The number of hydrogen-bond acceptors (Lipinski definition) is 5. The van der Waals surface area contributed by atoms with Crippen LogP contribution in [0, 0.1) is 6.92 Å². The zero-order valence-corrected chi connectivity index (χ0v) is 16.0. The van der Waals surface area contributed by atoms with E-state index >= 15 is 0 Å². The Bertz CT molecular complexity index is 1100. The number of aryl methyl sites for hydroxylation is 2. The molecule has 6 nitrogen and oxygen atoms in total. The molecule has 0 unspecified atom stereocenters. The Labute approximate surface area is 160 Å². The maximum Gasteiger partial charge on any atom is 0.263 e. The van der Waals surface area contributed by atoms with Gasteiger partial charge in [0.25, 0.3) is 5.91 Å². The van der Waals surface area contributed by atoms with Crippen LogP contribution >= 0.6 is 11.3 Å². The molecule has 0 radical (unpaired) electrons. The number of amides is 1. The number of benzene rings is 1. The molecule has 4 rings (SSSR count). The fourth-order valence-corrected chi connectivity index (χ4v) is 4.02. The molecule has 3 aromatic heterocycles. The van der Waals surface area contributed by atoms with Crippen molar-refractivity contribution in [1.29, 1.82) is 0 Å². The van der Waals surface area contributed by atoms with Crippen LogP contribution in [-0.4, -0.2) is 25.4 Å². The van der Waals surface area contributed by atoms with Gasteiger partial charge in [-0.25, -0.2) is 9.97 Å². The summed E-state index contributed by atoms with van der Waals surface area (Å²) in [6, 6.07) is 13.7. The Morgan fingerprint density at radius 3 is 2.74 bits per heavy atom. The maximum absolute atomic E-state index is 12.7. The van der Waals surface area contributed by atoms with Crippen molar-refractivity contribution in [2.24, 2.45) is 0 Å². The van der Waals surface area contributed by atoms with Crippen LogP contribution in [-0.2, 0) is 13.1 Å². The van der Waals surface area contributed by atoms with E-state index in [-0.39, 0.29) is 5.91 Å². The van der Waals surface area contributed by atoms with E-state index < -0.39 is 0 Å². The molecule has 27 heavy (non-hydrogen) atoms. The molecule has 0 atom stereocenters. The summed E-state index contributed by atoms with van der Waals surface area (Å²) in [5.41, 5.74) is 3.50. The summed E-state index contributed by atoms with van der Waals surface area (Å²) >= 11 is 1.36. The van der Waals surface area contributed by atoms with Crippen LogP contribution in [0.2, 0.25) is 0 Å². The number of pyridine rings is 1. The number of rotatable bonds is 5. The molecular formula is C20H19N5OS. The Balaban J connectivity index is 1.55. The predicted octanol–water partition coefficient (Wildman–Crippen LogP) is 3.81. The number of nitrogens with one attached hydrogen (secondary N) is 1. The van der Waals surface area contributed by atoms with Gasteiger partial charge in [0.1, 0.15) is 15.7 Å². The topological polar surface area (TPSA) is 72.7 Å². The number of aromatic nitrogens is 4. The van der Waals surface area contributed by atoms with E-state index in [4.69, 9.17) is 0 Å². The Morgan fingerprint density at radius 2 is 1.96 bits per heavy atom. The third-order valence-corrected chi connectivity index (χ3v) is 5.52. The number of nitrogens with zero attached hydrogens (tertiary/aromatic N) is 4. The van der Waals surface area contributed by atoms with Gasteiger partial charge in [0.2, 0.25) is 0 Å². The lowest BCUT2D eigenvalue weighted by molar-refractivity contribution is 0.0953. The summed E-state index contributed by atoms with van der Waals surface area (Å²) < 4.78 is 2.12. The number of para-hydroxylation sites is 2. The molecule has 1 amide bonds. The van der Waals surface area contributed by atoms with Gasteiger partial charge in [0.05, 0.1) is 29.0 Å². The average molecular weight is 377 g/mol. The second kappa shape index (κ2) is 7.28. The summed E-state index contributed by atoms with van der Waals surface area (Å²) in [5, 5.41) is 3.73. The molecule has 0 aliphatic heterocycles. The molecule has 7 heteroatoms. The number of carbonyl (C=O) groups is 1. The number of fused-ring (bicyclic) bond motifs is 1. The Morgan fingerprint density at radius 1 is 1.15 bits per heavy atom. The van der Waals surface area contributed by atoms with Gasteiger partial charge in [0, 0.05) is 12.7 Å². The second-order valence-corrected chi connectivity index (χ2v) is 7.09. The van der Waals surface area contributed by atoms with Crippen molar-refractivity contribution in [1.82, 2.24) is 24.8 Å². The van der Waals surface area contributed by atoms with Crippen LogP contribution in [0.15, 0.2) is 48.7 Å². The van der Waals surface area contributed by atoms with Gasteiger partial charge in [-0.1, -0.05) is 18.2 Å². The van der Waals surface area contributed by atoms with Crippen LogP contribution in [0.5, 0.6) is 0 Å². The quantitative estimate of drug-likeness (QED) is 0.574. The van der Waals surface area contributed by atoms with Crippen molar-refractivity contribution in [3.63, 3.8) is 0 Å². The highest BCUT2D eigenvalue weighted by Gasteiger charge is 2.17. The summed E-state index contributed by atoms with van der Waals surface area (Å²) in [5.74, 6) is 0.709. The minimum absolute atomic E-state index is 0.137. The van der Waals surface area contributed by atoms with E-state index in [0.717, 1.165) is 34.1 Å². The van der Waals surface area contributed by atoms with Crippen LogP contribution in [0.25, 0.3) is 21.7 Å². The van der Waals surface area contributed by atoms with Gasteiger partial charge in [-0.3, -0.25) is 9.78 Å². The minimum atomic E-state index is -0.137. The van der Waals surface area contributed by atoms with E-state index in [0.29, 0.717) is 17.1 Å². The highest BCUT2D eigenvalue weighted by atomic mass is 32.1. The molecule has 0 saturated carbocycles. The molecular weight excluding hydrogens is 358 g/mol. The molecule has 0 bridgehead atoms. The first-order chi connectivity index (χ1) is 13.2. The van der Waals surface area contributed by atoms with E-state index in [1.807, 2.05) is 49.4 Å². The van der Waals surface area contributed by atoms with Crippen molar-refractivity contribution in [2.75, 3.05) is 0 Å². The first-order valence-corrected chi connectivity index (χ1v) is 9.60. The second-order valence-electron chi connectivity index (χ2n) is 6.09. The van der Waals surface area contributed by atoms with Crippen molar-refractivity contribution >= 4 is 28.3 Å². The number of carbonyl (C=O) groups excluding carboxylic acids is 1. The molecule has 0 aliphatic rings. The summed E-state index contributed by atoms with van der Waals surface area (Å²) in [4.78, 5) is 26.8. The lowest BCUT2D eigenvalue weighted by atomic mass is 10.3. The fourth-order valence-electron chi connectivity index (χ4n) is 3.06. The van der Waals surface area contributed by atoms with E-state index in [1.165, 1.54) is 11.3 Å². The van der Waals surface area contributed by atoms with Crippen LogP contribution in [0.4, 0.5) is 0 Å². The number of thiazole rings is 1. The smallest absolute Gasteiger partial charge is 0.263 e. The van der Waals surface area contributed by atoms with Gasteiger partial charge in [-0.15, -0.1) is 11.3 Å². The molecule has 0 fully saturated rings. The normalized spacial score (nSPS) is 11.0. The van der Waals surface area contributed by atoms with Gasteiger partial charge >= 0.3 is 0 Å². The van der Waals surface area contributed by atoms with E-state index in [1.54, 1.807) is 6.20 Å². The minimum Gasteiger partial charge on any atom is -0.344 e. The van der Waals surface area contributed by atoms with Crippen molar-refractivity contribution < 1.29 is 4.79 Å². The fraction of sp³-hybridized carbons (Fsp3) is 0.200. The summed E-state index contributed by atoms with van der Waals surface area (Å²) in [6.45, 7) is 5.10. The largest absolute Gasteiger partial charge is 0.344 e. The number of imidazole rings is 1. The monoisotopic (exact) mass is 377 g/mol. The first-order valence-electron chi connectivity index (χ1n) is 8.78. The van der Waals surface area contributed by atoms with Gasteiger partial charge < -0.3 is 9.88 Å². The molecule has 136 valence electrons. The zero-order valence-electron chi connectivity index (χ0n) is 15.1. The van der Waals surface area contributed by atoms with Crippen molar-refractivity contribution in [2.45, 2.75) is 26.9 Å². The number of hydrogen-bond donors (Lipinski definition) is 1. The molecule has 3 heterocycles. The lowest BCUT2D eigenvalue weighted by Gasteiger charge is -2.07. The Kier molecular flexibility index (Phi) is 4.68. The molecule has 1 aromatic carbocycles. The molecule has 1 N–H and O–H groups in total. The van der Waals surface area contributed by atoms with E-state index in [9.17, 15) is 4.79 Å². The third-order valence-electron chi connectivity index (χ3n) is 4.34. The highest BCUT2D eigenvalue weighted by Crippen LogP contribution is 2.26. The van der Waals surface area contributed by atoms with Crippen LogP contribution < -0.4 is 5.32 Å². The molecule has 0 saturated heterocycles. The van der Waals surface area contributed by atoms with Gasteiger partial charge in [-0.2, -0.15) is 0 Å². The molecule has 4 aromatic rings. The average Bonchev–Trinajstić information content (AvgIpc) is 3.27. The lowest BCUT2D eigenvalue weighted by Crippen LogP contribution is -2.24. The first kappa shape index (κ1) is 17.4. The SMILES string of the molecule is CCn1c(CNC(=O)c2sc(-c3ccccn3)nc2C)nc2ccccc21. The van der Waals surface area contributed by atoms with Crippen LogP contribution in [0.1, 0.15) is 28.1 Å². The predicted molar refractivity (Wildman–Crippen MR) is 107 cm³/mol. The van der Waals surface area contributed by atoms with Crippen molar-refractivity contribution in [3.05, 3.63) is 65.1 Å². The summed E-state index contributed by atoms with van der Waals surface area (Å²) in [6.07, 6.45) is 1.72. The van der Waals surface area contributed by atoms with E-state index in [2.05, 4.69) is 31.8 Å². The Hall–Kier alpha value is -3.06. The van der Waals surface area contributed by atoms with Gasteiger partial charge in [-0.05, 0) is 38.1 Å².